The van der Waals surface area contributed by atoms with E-state index in [2.05, 4.69) is 15.6 Å². The molecular weight excluding hydrogens is 344 g/mol. The first kappa shape index (κ1) is 19.3. The highest BCUT2D eigenvalue weighted by molar-refractivity contribution is 5.81. The maximum Gasteiger partial charge on any atom is 0.387 e. The first-order chi connectivity index (χ1) is 12.5. The molecule has 0 fully saturated rings. The molecule has 4 N–H and O–H groups in total. The number of hydrogen-bond acceptors (Lipinski definition) is 3. The fourth-order valence-corrected chi connectivity index (χ4v) is 2.42. The summed E-state index contributed by atoms with van der Waals surface area (Å²) in [6, 6.07) is 15.5. The molecule has 8 heteroatoms. The minimum atomic E-state index is -2.88. The summed E-state index contributed by atoms with van der Waals surface area (Å²) in [5, 5.41) is 1.79. The molecule has 1 atom stereocenters. The molecule has 0 aliphatic carbocycles. The van der Waals surface area contributed by atoms with Crippen LogP contribution < -0.4 is 20.9 Å². The minimum absolute atomic E-state index is 0.0646. The lowest BCUT2D eigenvalue weighted by Crippen LogP contribution is -2.88. The van der Waals surface area contributed by atoms with Crippen molar-refractivity contribution < 1.29 is 28.4 Å². The van der Waals surface area contributed by atoms with Crippen LogP contribution in [0.3, 0.4) is 0 Å². The van der Waals surface area contributed by atoms with Gasteiger partial charge in [0.05, 0.1) is 0 Å². The highest BCUT2D eigenvalue weighted by Crippen LogP contribution is 2.22. The van der Waals surface area contributed by atoms with E-state index in [0.29, 0.717) is 0 Å². The Bertz CT molecular complexity index is 724. The van der Waals surface area contributed by atoms with Crippen LogP contribution in [0.5, 0.6) is 5.75 Å². The number of carbonyl (C=O) groups is 2. The average molecular weight is 364 g/mol. The topological polar surface area (TPSA) is 84.0 Å². The zero-order valence-corrected chi connectivity index (χ0v) is 14.1. The Kier molecular flexibility index (Phi) is 7.04. The van der Waals surface area contributed by atoms with Crippen LogP contribution in [0.15, 0.2) is 54.6 Å². The van der Waals surface area contributed by atoms with Crippen LogP contribution in [0.2, 0.25) is 0 Å². The van der Waals surface area contributed by atoms with Crippen molar-refractivity contribution in [3.8, 4) is 5.75 Å². The zero-order valence-electron chi connectivity index (χ0n) is 14.1. The highest BCUT2D eigenvalue weighted by Gasteiger charge is 2.19. The third-order valence-electron chi connectivity index (χ3n) is 3.54. The van der Waals surface area contributed by atoms with Crippen molar-refractivity contribution in [2.45, 2.75) is 19.6 Å². The van der Waals surface area contributed by atoms with E-state index < -0.39 is 6.61 Å². The summed E-state index contributed by atoms with van der Waals surface area (Å²) in [5.41, 5.74) is 6.30. The standard InChI is InChI=1S/C18H19F2N3O3/c1-12(24)22-23-16(25)11-21-17(13-5-3-2-4-6-13)14-7-9-15(10-8-14)26-18(19)20/h2-10,17-18,21H,11H2,1H3,(H,22,24)(H,23,25)/p+1/t17-/m1/s1. The maximum absolute atomic E-state index is 12.3. The Hall–Kier alpha value is -3.00. The van der Waals surface area contributed by atoms with Gasteiger partial charge in [-0.15, -0.1) is 0 Å². The fraction of sp³-hybridized carbons (Fsp3) is 0.222. The molecule has 138 valence electrons. The number of hydrazine groups is 1. The molecule has 0 saturated heterocycles. The van der Waals surface area contributed by atoms with Crippen molar-refractivity contribution >= 4 is 11.8 Å². The Balaban J connectivity index is 2.11. The first-order valence-corrected chi connectivity index (χ1v) is 7.94. The minimum Gasteiger partial charge on any atom is -0.435 e. The number of quaternary nitrogens is 1. The number of benzene rings is 2. The molecule has 2 amide bonds. The number of nitrogens with two attached hydrogens (primary N) is 1. The Morgan fingerprint density at radius 1 is 1.00 bits per heavy atom. The van der Waals surface area contributed by atoms with Crippen molar-refractivity contribution in [1.29, 1.82) is 0 Å². The van der Waals surface area contributed by atoms with Crippen molar-refractivity contribution in [3.63, 3.8) is 0 Å². The van der Waals surface area contributed by atoms with Crippen LogP contribution in [-0.2, 0) is 9.59 Å². The summed E-state index contributed by atoms with van der Waals surface area (Å²) in [5.74, 6) is -0.662. The van der Waals surface area contributed by atoms with E-state index in [1.165, 1.54) is 19.1 Å². The molecule has 2 rings (SSSR count). The summed E-state index contributed by atoms with van der Waals surface area (Å²) < 4.78 is 28.9. The third kappa shape index (κ3) is 6.14. The van der Waals surface area contributed by atoms with Gasteiger partial charge < -0.3 is 10.1 Å². The van der Waals surface area contributed by atoms with E-state index in [-0.39, 0.29) is 30.2 Å². The Labute approximate surface area is 149 Å². The number of carbonyl (C=O) groups excluding carboxylic acids is 2. The van der Waals surface area contributed by atoms with Gasteiger partial charge in [0, 0.05) is 18.1 Å². The SMILES string of the molecule is CC(=O)NNC(=O)C[NH2+][C@H](c1ccccc1)c1ccc(OC(F)F)cc1. The molecule has 2 aromatic rings. The summed E-state index contributed by atoms with van der Waals surface area (Å²) in [6.07, 6.45) is 0. The van der Waals surface area contributed by atoms with Crippen LogP contribution in [0, 0.1) is 0 Å². The molecule has 6 nitrogen and oxygen atoms in total. The van der Waals surface area contributed by atoms with E-state index in [9.17, 15) is 18.4 Å². The van der Waals surface area contributed by atoms with Crippen LogP contribution in [-0.4, -0.2) is 25.0 Å². The summed E-state index contributed by atoms with van der Waals surface area (Å²) in [7, 11) is 0. The molecule has 0 aliphatic heterocycles. The second-order valence-electron chi connectivity index (χ2n) is 5.51. The maximum atomic E-state index is 12.3. The van der Waals surface area contributed by atoms with Crippen LogP contribution in [0.25, 0.3) is 0 Å². The molecular formula is C18H20F2N3O3+. The van der Waals surface area contributed by atoms with Crippen LogP contribution in [0.4, 0.5) is 8.78 Å². The third-order valence-corrected chi connectivity index (χ3v) is 3.54. The second kappa shape index (κ2) is 9.47. The van der Waals surface area contributed by atoms with Gasteiger partial charge in [-0.05, 0) is 24.3 Å². The molecule has 0 aliphatic rings. The number of ether oxygens (including phenoxy) is 1. The van der Waals surface area contributed by atoms with Crippen molar-refractivity contribution in [3.05, 3.63) is 65.7 Å². The van der Waals surface area contributed by atoms with Gasteiger partial charge in [-0.3, -0.25) is 20.4 Å². The van der Waals surface area contributed by atoms with Gasteiger partial charge in [0.2, 0.25) is 5.91 Å². The fourth-order valence-electron chi connectivity index (χ4n) is 2.42. The monoisotopic (exact) mass is 364 g/mol. The van der Waals surface area contributed by atoms with Crippen molar-refractivity contribution in [2.75, 3.05) is 6.54 Å². The Morgan fingerprint density at radius 3 is 2.19 bits per heavy atom. The van der Waals surface area contributed by atoms with Gasteiger partial charge in [0.25, 0.3) is 5.91 Å². The zero-order chi connectivity index (χ0) is 18.9. The van der Waals surface area contributed by atoms with Gasteiger partial charge >= 0.3 is 6.61 Å². The van der Waals surface area contributed by atoms with Gasteiger partial charge in [0.1, 0.15) is 11.8 Å². The molecule has 0 saturated carbocycles. The summed E-state index contributed by atoms with van der Waals surface area (Å²) >= 11 is 0. The van der Waals surface area contributed by atoms with Gasteiger partial charge in [-0.2, -0.15) is 8.78 Å². The molecule has 2 aromatic carbocycles. The number of nitrogens with one attached hydrogen (secondary N) is 2. The molecule has 0 unspecified atom stereocenters. The highest BCUT2D eigenvalue weighted by atomic mass is 19.3. The lowest BCUT2D eigenvalue weighted by atomic mass is 9.98. The molecule has 0 heterocycles. The van der Waals surface area contributed by atoms with Gasteiger partial charge in [-0.25, -0.2) is 0 Å². The smallest absolute Gasteiger partial charge is 0.387 e. The van der Waals surface area contributed by atoms with Gasteiger partial charge in [-0.1, -0.05) is 30.3 Å². The van der Waals surface area contributed by atoms with Crippen LogP contribution in [0.1, 0.15) is 24.1 Å². The number of amides is 2. The summed E-state index contributed by atoms with van der Waals surface area (Å²) in [6.45, 7) is -1.52. The number of rotatable bonds is 7. The molecule has 26 heavy (non-hydrogen) atoms. The predicted octanol–water partition coefficient (Wildman–Crippen LogP) is 1.11. The van der Waals surface area contributed by atoms with E-state index in [4.69, 9.17) is 0 Å². The van der Waals surface area contributed by atoms with Crippen molar-refractivity contribution in [1.82, 2.24) is 10.9 Å². The largest absolute Gasteiger partial charge is 0.435 e. The van der Waals surface area contributed by atoms with E-state index in [1.807, 2.05) is 30.3 Å². The molecule has 0 bridgehead atoms. The van der Waals surface area contributed by atoms with E-state index in [1.54, 1.807) is 17.4 Å². The molecule has 0 aromatic heterocycles. The lowest BCUT2D eigenvalue weighted by molar-refractivity contribution is -0.676. The number of alkyl halides is 2. The normalized spacial score (nSPS) is 11.7. The number of halogens is 2. The van der Waals surface area contributed by atoms with Gasteiger partial charge in [0.15, 0.2) is 6.54 Å². The summed E-state index contributed by atoms with van der Waals surface area (Å²) in [4.78, 5) is 22.7. The first-order valence-electron chi connectivity index (χ1n) is 7.94. The lowest BCUT2D eigenvalue weighted by Gasteiger charge is -2.17. The molecule has 0 spiro atoms. The Morgan fingerprint density at radius 2 is 1.62 bits per heavy atom. The number of hydrogen-bond donors (Lipinski definition) is 3. The quantitative estimate of drug-likeness (QED) is 0.644. The van der Waals surface area contributed by atoms with E-state index in [0.717, 1.165) is 11.1 Å². The predicted molar refractivity (Wildman–Crippen MR) is 90.1 cm³/mol. The van der Waals surface area contributed by atoms with Crippen molar-refractivity contribution in [2.24, 2.45) is 0 Å². The van der Waals surface area contributed by atoms with E-state index >= 15 is 0 Å². The molecule has 0 radical (unpaired) electrons. The second-order valence-corrected chi connectivity index (χ2v) is 5.51. The van der Waals surface area contributed by atoms with Crippen LogP contribution >= 0.6 is 0 Å². The average Bonchev–Trinajstić information content (AvgIpc) is 2.62.